The molecule has 2 rings (SSSR count). The van der Waals surface area contributed by atoms with Crippen LogP contribution in [0.2, 0.25) is 0 Å². The molecule has 0 saturated carbocycles. The summed E-state index contributed by atoms with van der Waals surface area (Å²) in [7, 11) is 0. The lowest BCUT2D eigenvalue weighted by Gasteiger charge is -1.93. The molecule has 2 heterocycles. The van der Waals surface area contributed by atoms with E-state index in [-0.39, 0.29) is 0 Å². The molecule has 2 nitrogen and oxygen atoms in total. The number of furan rings is 1. The monoisotopic (exact) mass is 174 g/mol. The maximum Gasteiger partial charge on any atom is 0.205 e. The predicted octanol–water partition coefficient (Wildman–Crippen LogP) is 1.92. The van der Waals surface area contributed by atoms with E-state index in [9.17, 15) is 0 Å². The van der Waals surface area contributed by atoms with E-state index in [0.29, 0.717) is 0 Å². The van der Waals surface area contributed by atoms with Crippen LogP contribution < -0.4 is 4.57 Å². The lowest BCUT2D eigenvalue weighted by Crippen LogP contribution is -2.32. The summed E-state index contributed by atoms with van der Waals surface area (Å²) in [4.78, 5) is 0. The molecule has 0 bridgehead atoms. The minimum absolute atomic E-state index is 0.799. The molecule has 0 spiro atoms. The highest BCUT2D eigenvalue weighted by atomic mass is 16.3. The van der Waals surface area contributed by atoms with Gasteiger partial charge >= 0.3 is 0 Å². The van der Waals surface area contributed by atoms with Gasteiger partial charge in [0.15, 0.2) is 18.2 Å². The van der Waals surface area contributed by atoms with Crippen molar-refractivity contribution in [2.45, 2.75) is 13.5 Å². The summed E-state index contributed by atoms with van der Waals surface area (Å²) >= 11 is 0. The number of nitrogens with zero attached hydrogens (tertiary/aromatic N) is 1. The zero-order chi connectivity index (χ0) is 9.10. The van der Waals surface area contributed by atoms with Crippen LogP contribution in [-0.2, 0) is 6.54 Å². The fraction of sp³-hybridized carbons (Fsp3) is 0.182. The standard InChI is InChI=1S/C11H12NO/c1-10-4-6-12(7-5-10)9-11-3-2-8-13-11/h2-8H,9H2,1H3/q+1. The molecule has 66 valence electrons. The van der Waals surface area contributed by atoms with E-state index >= 15 is 0 Å². The Morgan fingerprint density at radius 3 is 2.62 bits per heavy atom. The van der Waals surface area contributed by atoms with Gasteiger partial charge in [-0.05, 0) is 24.6 Å². The highest BCUT2D eigenvalue weighted by Gasteiger charge is 2.02. The topological polar surface area (TPSA) is 17.0 Å². The number of aryl methyl sites for hydroxylation is 1. The first-order valence-corrected chi connectivity index (χ1v) is 4.33. The summed E-state index contributed by atoms with van der Waals surface area (Å²) in [6.45, 7) is 2.88. The first-order chi connectivity index (χ1) is 6.34. The van der Waals surface area contributed by atoms with Crippen LogP contribution in [0.5, 0.6) is 0 Å². The number of rotatable bonds is 2. The second-order valence-electron chi connectivity index (χ2n) is 3.13. The van der Waals surface area contributed by atoms with Crippen LogP contribution in [0.15, 0.2) is 47.3 Å². The average Bonchev–Trinajstić information content (AvgIpc) is 2.62. The summed E-state index contributed by atoms with van der Waals surface area (Å²) in [6.07, 6.45) is 5.81. The van der Waals surface area contributed by atoms with Gasteiger partial charge in [-0.2, -0.15) is 4.57 Å². The van der Waals surface area contributed by atoms with Crippen LogP contribution in [0.1, 0.15) is 11.3 Å². The Labute approximate surface area is 77.4 Å². The van der Waals surface area contributed by atoms with Crippen molar-refractivity contribution in [2.75, 3.05) is 0 Å². The number of aromatic nitrogens is 1. The summed E-state index contributed by atoms with van der Waals surface area (Å²) < 4.78 is 7.34. The maximum atomic E-state index is 5.25. The molecule has 0 aromatic carbocycles. The van der Waals surface area contributed by atoms with E-state index < -0.39 is 0 Å². The van der Waals surface area contributed by atoms with Crippen LogP contribution in [0.4, 0.5) is 0 Å². The summed E-state index contributed by atoms with van der Waals surface area (Å²) in [5.41, 5.74) is 1.27. The fourth-order valence-electron chi connectivity index (χ4n) is 1.22. The van der Waals surface area contributed by atoms with Crippen molar-refractivity contribution in [1.82, 2.24) is 0 Å². The van der Waals surface area contributed by atoms with Gasteiger partial charge in [-0.25, -0.2) is 0 Å². The van der Waals surface area contributed by atoms with E-state index in [1.165, 1.54) is 5.56 Å². The second kappa shape index (κ2) is 3.44. The fourth-order valence-corrected chi connectivity index (χ4v) is 1.22. The highest BCUT2D eigenvalue weighted by molar-refractivity contribution is 5.03. The zero-order valence-electron chi connectivity index (χ0n) is 7.60. The molecule has 2 aromatic rings. The number of hydrogen-bond acceptors (Lipinski definition) is 1. The molecule has 2 heteroatoms. The molecule has 0 unspecified atom stereocenters. The largest absolute Gasteiger partial charge is 0.463 e. The van der Waals surface area contributed by atoms with Crippen molar-refractivity contribution in [1.29, 1.82) is 0 Å². The molecule has 0 N–H and O–H groups in total. The third kappa shape index (κ3) is 1.96. The van der Waals surface area contributed by atoms with Gasteiger partial charge in [-0.1, -0.05) is 0 Å². The molecule has 0 aliphatic rings. The molecular weight excluding hydrogens is 162 g/mol. The highest BCUT2D eigenvalue weighted by Crippen LogP contribution is 1.98. The molecule has 0 fully saturated rings. The SMILES string of the molecule is Cc1cc[n+](Cc2ccco2)cc1. The minimum atomic E-state index is 0.799. The molecule has 13 heavy (non-hydrogen) atoms. The van der Waals surface area contributed by atoms with Crippen molar-refractivity contribution in [3.8, 4) is 0 Å². The Balaban J connectivity index is 2.15. The predicted molar refractivity (Wildman–Crippen MR) is 49.2 cm³/mol. The molecule has 0 aliphatic carbocycles. The van der Waals surface area contributed by atoms with Crippen LogP contribution >= 0.6 is 0 Å². The lowest BCUT2D eigenvalue weighted by molar-refractivity contribution is -0.690. The van der Waals surface area contributed by atoms with Crippen molar-refractivity contribution in [3.05, 3.63) is 54.2 Å². The second-order valence-corrected chi connectivity index (χ2v) is 3.13. The molecule has 2 aromatic heterocycles. The van der Waals surface area contributed by atoms with Crippen molar-refractivity contribution < 1.29 is 8.98 Å². The van der Waals surface area contributed by atoms with E-state index in [4.69, 9.17) is 4.42 Å². The first-order valence-electron chi connectivity index (χ1n) is 4.33. The third-order valence-electron chi connectivity index (χ3n) is 1.98. The Bertz CT molecular complexity index is 361. The Morgan fingerprint density at radius 1 is 1.23 bits per heavy atom. The van der Waals surface area contributed by atoms with E-state index in [2.05, 4.69) is 36.0 Å². The van der Waals surface area contributed by atoms with Crippen LogP contribution in [-0.4, -0.2) is 0 Å². The van der Waals surface area contributed by atoms with Crippen LogP contribution in [0.3, 0.4) is 0 Å². The average molecular weight is 174 g/mol. The van der Waals surface area contributed by atoms with Gasteiger partial charge < -0.3 is 4.42 Å². The number of pyridine rings is 1. The molecule has 0 atom stereocenters. The number of hydrogen-bond donors (Lipinski definition) is 0. The van der Waals surface area contributed by atoms with E-state index in [1.54, 1.807) is 6.26 Å². The Morgan fingerprint density at radius 2 is 2.00 bits per heavy atom. The molecule has 0 aliphatic heterocycles. The van der Waals surface area contributed by atoms with Gasteiger partial charge in [0, 0.05) is 12.1 Å². The van der Waals surface area contributed by atoms with Crippen LogP contribution in [0.25, 0.3) is 0 Å². The van der Waals surface area contributed by atoms with Gasteiger partial charge in [0.1, 0.15) is 0 Å². The summed E-state index contributed by atoms with van der Waals surface area (Å²) in [5.74, 6) is 0.980. The molecule has 0 amide bonds. The third-order valence-corrected chi connectivity index (χ3v) is 1.98. The van der Waals surface area contributed by atoms with Gasteiger partial charge in [-0.3, -0.25) is 0 Å². The summed E-state index contributed by atoms with van der Waals surface area (Å²) in [6, 6.07) is 8.06. The van der Waals surface area contributed by atoms with Gasteiger partial charge in [-0.15, -0.1) is 0 Å². The Kier molecular flexibility index (Phi) is 2.13. The van der Waals surface area contributed by atoms with Gasteiger partial charge in [0.25, 0.3) is 0 Å². The molecule has 0 saturated heterocycles. The molecule has 0 radical (unpaired) electrons. The quantitative estimate of drug-likeness (QED) is 0.636. The van der Waals surface area contributed by atoms with Gasteiger partial charge in [0.2, 0.25) is 6.54 Å². The van der Waals surface area contributed by atoms with E-state index in [1.807, 2.05) is 12.1 Å². The zero-order valence-corrected chi connectivity index (χ0v) is 7.60. The lowest BCUT2D eigenvalue weighted by atomic mass is 10.3. The van der Waals surface area contributed by atoms with Crippen molar-refractivity contribution >= 4 is 0 Å². The smallest absolute Gasteiger partial charge is 0.205 e. The van der Waals surface area contributed by atoms with Crippen LogP contribution in [0, 0.1) is 6.92 Å². The normalized spacial score (nSPS) is 10.2. The van der Waals surface area contributed by atoms with Crippen molar-refractivity contribution in [3.63, 3.8) is 0 Å². The maximum absolute atomic E-state index is 5.25. The molecular formula is C11H12NO+. The Hall–Kier alpha value is -1.57. The van der Waals surface area contributed by atoms with Gasteiger partial charge in [0.05, 0.1) is 6.26 Å². The summed E-state index contributed by atoms with van der Waals surface area (Å²) in [5, 5.41) is 0. The minimum Gasteiger partial charge on any atom is -0.463 e. The van der Waals surface area contributed by atoms with E-state index in [0.717, 1.165) is 12.3 Å². The van der Waals surface area contributed by atoms with Crippen molar-refractivity contribution in [2.24, 2.45) is 0 Å². The first kappa shape index (κ1) is 8.05.